The highest BCUT2D eigenvalue weighted by Crippen LogP contribution is 2.15. The zero-order chi connectivity index (χ0) is 16.9. The van der Waals surface area contributed by atoms with Crippen molar-refractivity contribution in [2.75, 3.05) is 19.6 Å². The predicted molar refractivity (Wildman–Crippen MR) is 94.2 cm³/mol. The Hall–Kier alpha value is -1.40. The number of hydrogen-bond acceptors (Lipinski definition) is 4. The summed E-state index contributed by atoms with van der Waals surface area (Å²) in [5.74, 6) is 0. The number of nitrogens with one attached hydrogen (secondary N) is 1. The topological polar surface area (TPSA) is 54.5 Å². The van der Waals surface area contributed by atoms with E-state index in [0.717, 1.165) is 29.7 Å². The van der Waals surface area contributed by atoms with Crippen LogP contribution < -0.4 is 5.32 Å². The number of carbonyl (C=O) groups excluding carboxylic acids is 1. The average Bonchev–Trinajstić information content (AvgIpc) is 2.48. The van der Waals surface area contributed by atoms with Gasteiger partial charge in [0.05, 0.1) is 5.69 Å². The normalized spacial score (nSPS) is 15.3. The van der Waals surface area contributed by atoms with E-state index in [-0.39, 0.29) is 6.09 Å². The average molecular weight is 382 g/mol. The van der Waals surface area contributed by atoms with Crippen LogP contribution in [0.1, 0.15) is 32.9 Å². The molecule has 2 rings (SSSR count). The molecule has 0 aromatic carbocycles. The van der Waals surface area contributed by atoms with Gasteiger partial charge in [0.15, 0.2) is 0 Å². The van der Waals surface area contributed by atoms with Gasteiger partial charge in [0.25, 0.3) is 0 Å². The van der Waals surface area contributed by atoms with Gasteiger partial charge in [-0.15, -0.1) is 0 Å². The Bertz CT molecular complexity index is 564. The van der Waals surface area contributed by atoms with E-state index in [1.807, 2.05) is 32.9 Å². The highest BCUT2D eigenvalue weighted by Gasteiger charge is 2.23. The molecule has 0 spiro atoms. The minimum absolute atomic E-state index is 0.236. The quantitative estimate of drug-likeness (QED) is 0.810. The molecule has 0 unspecified atom stereocenters. The summed E-state index contributed by atoms with van der Waals surface area (Å²) in [5.41, 5.74) is 1.89. The summed E-state index contributed by atoms with van der Waals surface area (Å²) in [4.78, 5) is 18.1. The summed E-state index contributed by atoms with van der Waals surface area (Å²) in [6.07, 6.45) is 4.55. The number of amides is 1. The first-order chi connectivity index (χ1) is 10.8. The Morgan fingerprint density at radius 2 is 2.17 bits per heavy atom. The highest BCUT2D eigenvalue weighted by atomic mass is 79.9. The summed E-state index contributed by atoms with van der Waals surface area (Å²) in [7, 11) is 0. The lowest BCUT2D eigenvalue weighted by Crippen LogP contribution is -2.39. The highest BCUT2D eigenvalue weighted by molar-refractivity contribution is 9.10. The molecule has 1 amide bonds. The number of halogens is 1. The monoisotopic (exact) mass is 381 g/mol. The van der Waals surface area contributed by atoms with E-state index < -0.39 is 5.60 Å². The van der Waals surface area contributed by atoms with Crippen molar-refractivity contribution in [3.63, 3.8) is 0 Å². The Labute approximate surface area is 146 Å². The summed E-state index contributed by atoms with van der Waals surface area (Å²) < 4.78 is 6.38. The lowest BCUT2D eigenvalue weighted by molar-refractivity contribution is 0.0265. The van der Waals surface area contributed by atoms with E-state index in [9.17, 15) is 4.79 Å². The van der Waals surface area contributed by atoms with Crippen LogP contribution in [-0.2, 0) is 11.3 Å². The molecule has 1 N–H and O–H groups in total. The molecule has 5 nitrogen and oxygen atoms in total. The number of rotatable bonds is 4. The van der Waals surface area contributed by atoms with Gasteiger partial charge >= 0.3 is 6.09 Å². The molecule has 1 aromatic rings. The lowest BCUT2D eigenvalue weighted by atomic mass is 10.1. The van der Waals surface area contributed by atoms with E-state index in [0.29, 0.717) is 13.1 Å². The van der Waals surface area contributed by atoms with Crippen molar-refractivity contribution < 1.29 is 9.53 Å². The summed E-state index contributed by atoms with van der Waals surface area (Å²) >= 11 is 3.38. The Morgan fingerprint density at radius 3 is 2.74 bits per heavy atom. The van der Waals surface area contributed by atoms with Crippen LogP contribution in [0.25, 0.3) is 0 Å². The lowest BCUT2D eigenvalue weighted by Gasteiger charge is -2.29. The second-order valence-corrected chi connectivity index (χ2v) is 7.53. The molecule has 126 valence electrons. The molecular weight excluding hydrogens is 358 g/mol. The molecule has 0 radical (unpaired) electrons. The number of pyridine rings is 1. The van der Waals surface area contributed by atoms with E-state index >= 15 is 0 Å². The molecule has 1 aromatic heterocycles. The molecule has 6 heteroatoms. The van der Waals surface area contributed by atoms with Gasteiger partial charge in [0, 0.05) is 36.8 Å². The number of ether oxygens (including phenoxy) is 1. The van der Waals surface area contributed by atoms with Crippen molar-refractivity contribution >= 4 is 22.0 Å². The van der Waals surface area contributed by atoms with Gasteiger partial charge in [0.1, 0.15) is 5.60 Å². The third kappa shape index (κ3) is 6.31. The zero-order valence-corrected chi connectivity index (χ0v) is 15.5. The van der Waals surface area contributed by atoms with Crippen molar-refractivity contribution in [3.05, 3.63) is 40.1 Å². The standard InChI is InChI=1S/C17H24BrN3O2/c1-17(2,3)23-16(22)21-8-6-13(7-9-21)10-19-12-15-5-4-14(18)11-20-15/h4-6,11,19H,7-10,12H2,1-3H3. The van der Waals surface area contributed by atoms with Crippen LogP contribution in [0, 0.1) is 0 Å². The van der Waals surface area contributed by atoms with Gasteiger partial charge < -0.3 is 15.0 Å². The Morgan fingerprint density at radius 1 is 1.39 bits per heavy atom. The molecule has 0 saturated carbocycles. The second-order valence-electron chi connectivity index (χ2n) is 6.61. The van der Waals surface area contributed by atoms with Crippen molar-refractivity contribution in [2.45, 2.75) is 39.3 Å². The predicted octanol–water partition coefficient (Wildman–Crippen LogP) is 3.50. The summed E-state index contributed by atoms with van der Waals surface area (Å²) in [6.45, 7) is 8.53. The van der Waals surface area contributed by atoms with Crippen LogP contribution >= 0.6 is 15.9 Å². The largest absolute Gasteiger partial charge is 0.444 e. The smallest absolute Gasteiger partial charge is 0.410 e. The van der Waals surface area contributed by atoms with Gasteiger partial charge in [0.2, 0.25) is 0 Å². The molecule has 0 fully saturated rings. The third-order valence-electron chi connectivity index (χ3n) is 3.40. The van der Waals surface area contributed by atoms with E-state index in [1.54, 1.807) is 11.1 Å². The van der Waals surface area contributed by atoms with Gasteiger partial charge in [-0.3, -0.25) is 4.98 Å². The molecular formula is C17H24BrN3O2. The van der Waals surface area contributed by atoms with Gasteiger partial charge in [-0.2, -0.15) is 0 Å². The molecule has 0 bridgehead atoms. The minimum Gasteiger partial charge on any atom is -0.444 e. The SMILES string of the molecule is CC(C)(C)OC(=O)N1CC=C(CNCc2ccc(Br)cn2)CC1. The molecule has 0 saturated heterocycles. The van der Waals surface area contributed by atoms with Gasteiger partial charge in [-0.1, -0.05) is 11.6 Å². The molecule has 0 atom stereocenters. The van der Waals surface area contributed by atoms with Crippen LogP contribution in [0.5, 0.6) is 0 Å². The van der Waals surface area contributed by atoms with Crippen LogP contribution in [0.3, 0.4) is 0 Å². The fraction of sp³-hybridized carbons (Fsp3) is 0.529. The first-order valence-electron chi connectivity index (χ1n) is 7.80. The van der Waals surface area contributed by atoms with Crippen LogP contribution in [0.15, 0.2) is 34.5 Å². The van der Waals surface area contributed by atoms with E-state index in [4.69, 9.17) is 4.74 Å². The number of aromatic nitrogens is 1. The van der Waals surface area contributed by atoms with Gasteiger partial charge in [-0.05, 0) is 55.3 Å². The maximum atomic E-state index is 12.0. The van der Waals surface area contributed by atoms with E-state index in [1.165, 1.54) is 5.57 Å². The molecule has 2 heterocycles. The number of hydrogen-bond donors (Lipinski definition) is 1. The molecule has 23 heavy (non-hydrogen) atoms. The van der Waals surface area contributed by atoms with Crippen LogP contribution in [-0.4, -0.2) is 41.2 Å². The fourth-order valence-electron chi connectivity index (χ4n) is 2.23. The Balaban J connectivity index is 1.74. The number of carbonyl (C=O) groups is 1. The Kier molecular flexibility index (Phi) is 6.18. The van der Waals surface area contributed by atoms with E-state index in [2.05, 4.69) is 32.3 Å². The molecule has 1 aliphatic rings. The van der Waals surface area contributed by atoms with Crippen LogP contribution in [0.2, 0.25) is 0 Å². The molecule has 1 aliphatic heterocycles. The summed E-state index contributed by atoms with van der Waals surface area (Å²) in [6, 6.07) is 3.99. The first-order valence-corrected chi connectivity index (χ1v) is 8.60. The molecule has 0 aliphatic carbocycles. The van der Waals surface area contributed by atoms with Crippen molar-refractivity contribution in [3.8, 4) is 0 Å². The van der Waals surface area contributed by atoms with Crippen molar-refractivity contribution in [1.29, 1.82) is 0 Å². The zero-order valence-electron chi connectivity index (χ0n) is 13.9. The maximum absolute atomic E-state index is 12.0. The second kappa shape index (κ2) is 7.93. The third-order valence-corrected chi connectivity index (χ3v) is 3.87. The van der Waals surface area contributed by atoms with Gasteiger partial charge in [-0.25, -0.2) is 4.79 Å². The maximum Gasteiger partial charge on any atom is 0.410 e. The fourth-order valence-corrected chi connectivity index (χ4v) is 2.46. The first kappa shape index (κ1) is 17.9. The van der Waals surface area contributed by atoms with Crippen molar-refractivity contribution in [1.82, 2.24) is 15.2 Å². The number of nitrogens with zero attached hydrogens (tertiary/aromatic N) is 2. The summed E-state index contributed by atoms with van der Waals surface area (Å²) in [5, 5.41) is 3.39. The minimum atomic E-state index is -0.444. The van der Waals surface area contributed by atoms with Crippen LogP contribution in [0.4, 0.5) is 4.79 Å². The van der Waals surface area contributed by atoms with Crippen molar-refractivity contribution in [2.24, 2.45) is 0 Å².